The summed E-state index contributed by atoms with van der Waals surface area (Å²) in [5.74, 6) is 0.0806. The van der Waals surface area contributed by atoms with Gasteiger partial charge in [-0.05, 0) is 36.2 Å². The molecule has 0 saturated carbocycles. The molecule has 0 atom stereocenters. The first-order valence-corrected chi connectivity index (χ1v) is 11.2. The number of pyridine rings is 1. The molecule has 2 aromatic carbocycles. The molecule has 7 heteroatoms. The summed E-state index contributed by atoms with van der Waals surface area (Å²) in [6.07, 6.45) is 3.15. The second-order valence-corrected chi connectivity index (χ2v) is 9.05. The number of amides is 1. The smallest absolute Gasteiger partial charge is 0.245 e. The molecule has 0 bridgehead atoms. The molecule has 1 N–H and O–H groups in total. The predicted octanol–water partition coefficient (Wildman–Crippen LogP) is 3.96. The molecule has 0 fully saturated rings. The van der Waals surface area contributed by atoms with Gasteiger partial charge in [-0.2, -0.15) is 0 Å². The van der Waals surface area contributed by atoms with Gasteiger partial charge >= 0.3 is 0 Å². The highest BCUT2D eigenvalue weighted by molar-refractivity contribution is 7.90. The van der Waals surface area contributed by atoms with Crippen LogP contribution in [-0.4, -0.2) is 23.9 Å². The maximum atomic E-state index is 13.2. The van der Waals surface area contributed by atoms with Gasteiger partial charge in [0.1, 0.15) is 12.4 Å². The van der Waals surface area contributed by atoms with E-state index in [2.05, 4.69) is 10.3 Å². The first-order chi connectivity index (χ1) is 14.4. The Morgan fingerprint density at radius 2 is 1.73 bits per heavy atom. The molecule has 0 spiro atoms. The van der Waals surface area contributed by atoms with Crippen LogP contribution in [0.4, 0.5) is 5.82 Å². The second-order valence-electron chi connectivity index (χ2n) is 7.09. The normalized spacial score (nSPS) is 11.5. The Kier molecular flexibility index (Phi) is 5.37. The minimum Gasteiger partial charge on any atom is -0.337 e. The van der Waals surface area contributed by atoms with Gasteiger partial charge in [-0.1, -0.05) is 48.5 Å². The van der Waals surface area contributed by atoms with Crippen molar-refractivity contribution in [1.29, 1.82) is 0 Å². The number of aromatic nitrogens is 2. The first-order valence-electron chi connectivity index (χ1n) is 9.50. The number of anilines is 1. The van der Waals surface area contributed by atoms with E-state index in [1.54, 1.807) is 47.3 Å². The van der Waals surface area contributed by atoms with E-state index in [-0.39, 0.29) is 23.1 Å². The fourth-order valence-corrected chi connectivity index (χ4v) is 5.10. The molecule has 152 valence electrons. The average Bonchev–Trinajstić information content (AvgIpc) is 3.10. The monoisotopic (exact) mass is 419 g/mol. The number of nitrogens with zero attached hydrogens (tertiary/aromatic N) is 2. The number of carbonyl (C=O) groups is 1. The third kappa shape index (κ3) is 4.11. The molecule has 6 nitrogen and oxygen atoms in total. The third-order valence-electron chi connectivity index (χ3n) is 4.94. The Labute approximate surface area is 175 Å². The zero-order valence-corrected chi connectivity index (χ0v) is 17.3. The summed E-state index contributed by atoms with van der Waals surface area (Å²) in [5, 5.41) is 3.34. The van der Waals surface area contributed by atoms with E-state index in [1.807, 2.05) is 43.3 Å². The van der Waals surface area contributed by atoms with E-state index in [0.29, 0.717) is 16.7 Å². The van der Waals surface area contributed by atoms with Gasteiger partial charge in [-0.3, -0.25) is 4.79 Å². The minimum absolute atomic E-state index is 0.0169. The number of carbonyl (C=O) groups excluding carboxylic acids is 1. The molecule has 2 aromatic heterocycles. The van der Waals surface area contributed by atoms with E-state index in [4.69, 9.17) is 0 Å². The first kappa shape index (κ1) is 19.8. The van der Waals surface area contributed by atoms with Crippen LogP contribution in [0.2, 0.25) is 0 Å². The molecule has 2 heterocycles. The minimum atomic E-state index is -3.60. The lowest BCUT2D eigenvalue weighted by molar-refractivity contribution is -0.116. The van der Waals surface area contributed by atoms with Crippen molar-refractivity contribution in [2.24, 2.45) is 0 Å². The molecule has 0 aliphatic carbocycles. The number of benzene rings is 2. The number of sulfone groups is 1. The summed E-state index contributed by atoms with van der Waals surface area (Å²) >= 11 is 0. The highest BCUT2D eigenvalue weighted by Gasteiger charge is 2.23. The molecule has 0 aliphatic heterocycles. The maximum Gasteiger partial charge on any atom is 0.245 e. The zero-order valence-electron chi connectivity index (χ0n) is 16.4. The van der Waals surface area contributed by atoms with Gasteiger partial charge < -0.3 is 9.88 Å². The van der Waals surface area contributed by atoms with Crippen LogP contribution in [0.3, 0.4) is 0 Å². The topological polar surface area (TPSA) is 81.1 Å². The molecule has 30 heavy (non-hydrogen) atoms. The molecule has 0 aliphatic rings. The summed E-state index contributed by atoms with van der Waals surface area (Å²) in [6, 6.07) is 19.9. The Hall–Kier alpha value is -3.45. The van der Waals surface area contributed by atoms with Crippen LogP contribution in [-0.2, 0) is 26.9 Å². The quantitative estimate of drug-likeness (QED) is 0.513. The van der Waals surface area contributed by atoms with Crippen molar-refractivity contribution < 1.29 is 13.2 Å². The second kappa shape index (κ2) is 8.12. The lowest BCUT2D eigenvalue weighted by Gasteiger charge is -2.07. The predicted molar refractivity (Wildman–Crippen MR) is 117 cm³/mol. The summed E-state index contributed by atoms with van der Waals surface area (Å²) in [5.41, 5.74) is 2.39. The summed E-state index contributed by atoms with van der Waals surface area (Å²) < 4.78 is 28.1. The van der Waals surface area contributed by atoms with Gasteiger partial charge in [0.15, 0.2) is 9.84 Å². The van der Waals surface area contributed by atoms with Crippen LogP contribution >= 0.6 is 0 Å². The van der Waals surface area contributed by atoms with E-state index in [0.717, 1.165) is 11.1 Å². The van der Waals surface area contributed by atoms with Gasteiger partial charge in [-0.15, -0.1) is 0 Å². The van der Waals surface area contributed by atoms with Gasteiger partial charge in [-0.25, -0.2) is 13.4 Å². The SMILES string of the molecule is Cc1ccccc1CS(=O)(=O)c1cn(CC(=O)Nc2ccccn2)c2ccccc12. The molecule has 1 amide bonds. The van der Waals surface area contributed by atoms with E-state index < -0.39 is 9.84 Å². The molecular formula is C23H21N3O3S. The largest absolute Gasteiger partial charge is 0.337 e. The lowest BCUT2D eigenvalue weighted by Crippen LogP contribution is -2.18. The van der Waals surface area contributed by atoms with Crippen LogP contribution in [0, 0.1) is 6.92 Å². The number of fused-ring (bicyclic) bond motifs is 1. The molecule has 4 rings (SSSR count). The highest BCUT2D eigenvalue weighted by atomic mass is 32.2. The number of nitrogens with one attached hydrogen (secondary N) is 1. The summed E-state index contributed by atoms with van der Waals surface area (Å²) in [7, 11) is -3.60. The Morgan fingerprint density at radius 3 is 2.50 bits per heavy atom. The van der Waals surface area contributed by atoms with Crippen molar-refractivity contribution in [1.82, 2.24) is 9.55 Å². The molecule has 4 aromatic rings. The fraction of sp³-hybridized carbons (Fsp3) is 0.130. The van der Waals surface area contributed by atoms with Crippen molar-refractivity contribution in [2.45, 2.75) is 24.1 Å². The molecule has 0 saturated heterocycles. The van der Waals surface area contributed by atoms with E-state index in [9.17, 15) is 13.2 Å². The number of aryl methyl sites for hydroxylation is 1. The molecular weight excluding hydrogens is 398 g/mol. The summed E-state index contributed by atoms with van der Waals surface area (Å²) in [6.45, 7) is 1.88. The van der Waals surface area contributed by atoms with E-state index in [1.165, 1.54) is 0 Å². The maximum absolute atomic E-state index is 13.2. The van der Waals surface area contributed by atoms with Gasteiger partial charge in [0.2, 0.25) is 5.91 Å². The number of hydrogen-bond acceptors (Lipinski definition) is 4. The summed E-state index contributed by atoms with van der Waals surface area (Å²) in [4.78, 5) is 16.8. The molecule has 0 radical (unpaired) electrons. The average molecular weight is 420 g/mol. The zero-order chi connectivity index (χ0) is 21.1. The van der Waals surface area contributed by atoms with Gasteiger partial charge in [0.25, 0.3) is 0 Å². The molecule has 0 unspecified atom stereocenters. The van der Waals surface area contributed by atoms with Gasteiger partial charge in [0.05, 0.1) is 10.6 Å². The van der Waals surface area contributed by atoms with Gasteiger partial charge in [0, 0.05) is 23.3 Å². The number of rotatable bonds is 6. The Bertz CT molecular complexity index is 1310. The van der Waals surface area contributed by atoms with Crippen LogP contribution in [0.15, 0.2) is 84.0 Å². The van der Waals surface area contributed by atoms with Crippen LogP contribution < -0.4 is 5.32 Å². The van der Waals surface area contributed by atoms with Crippen LogP contribution in [0.25, 0.3) is 10.9 Å². The number of para-hydroxylation sites is 1. The number of hydrogen-bond donors (Lipinski definition) is 1. The third-order valence-corrected chi connectivity index (χ3v) is 6.63. The highest BCUT2D eigenvalue weighted by Crippen LogP contribution is 2.28. The Morgan fingerprint density at radius 1 is 1.00 bits per heavy atom. The van der Waals surface area contributed by atoms with E-state index >= 15 is 0 Å². The van der Waals surface area contributed by atoms with Crippen molar-refractivity contribution in [3.63, 3.8) is 0 Å². The van der Waals surface area contributed by atoms with Crippen LogP contribution in [0.1, 0.15) is 11.1 Å². The Balaban J connectivity index is 1.67. The fourth-order valence-electron chi connectivity index (χ4n) is 3.42. The van der Waals surface area contributed by atoms with Crippen molar-refractivity contribution in [3.05, 3.63) is 90.3 Å². The lowest BCUT2D eigenvalue weighted by atomic mass is 10.1. The van der Waals surface area contributed by atoms with Crippen molar-refractivity contribution in [2.75, 3.05) is 5.32 Å². The van der Waals surface area contributed by atoms with Crippen LogP contribution in [0.5, 0.6) is 0 Å². The van der Waals surface area contributed by atoms with Crippen molar-refractivity contribution >= 4 is 32.5 Å². The standard InChI is InChI=1S/C23H21N3O3S/c1-17-8-2-3-9-18(17)16-30(28,29)21-14-26(20-11-5-4-10-19(20)21)15-23(27)25-22-12-6-7-13-24-22/h2-14H,15-16H2,1H3,(H,24,25,27). The van der Waals surface area contributed by atoms with Crippen molar-refractivity contribution in [3.8, 4) is 0 Å².